The maximum atomic E-state index is 11.9. The summed E-state index contributed by atoms with van der Waals surface area (Å²) in [6, 6.07) is 12.2. The molecule has 2 aromatic rings. The SMILES string of the molecule is COc1cccc(C=NNC(=O)c2cccc(I)c2)c1O. The molecule has 2 aromatic carbocycles. The smallest absolute Gasteiger partial charge is 0.271 e. The van der Waals surface area contributed by atoms with E-state index in [1.165, 1.54) is 13.3 Å². The maximum Gasteiger partial charge on any atom is 0.271 e. The molecule has 0 aromatic heterocycles. The first-order chi connectivity index (χ1) is 10.1. The highest BCUT2D eigenvalue weighted by atomic mass is 127. The topological polar surface area (TPSA) is 70.9 Å². The Morgan fingerprint density at radius 1 is 1.33 bits per heavy atom. The largest absolute Gasteiger partial charge is 0.504 e. The number of halogens is 1. The van der Waals surface area contributed by atoms with E-state index in [0.717, 1.165) is 3.57 Å². The number of ether oxygens (including phenoxy) is 1. The Balaban J connectivity index is 2.07. The summed E-state index contributed by atoms with van der Waals surface area (Å²) in [5.41, 5.74) is 3.39. The monoisotopic (exact) mass is 396 g/mol. The third-order valence-corrected chi connectivity index (χ3v) is 3.38. The van der Waals surface area contributed by atoms with Gasteiger partial charge in [-0.3, -0.25) is 4.79 Å². The zero-order valence-electron chi connectivity index (χ0n) is 11.2. The summed E-state index contributed by atoms with van der Waals surface area (Å²) in [7, 11) is 1.47. The highest BCUT2D eigenvalue weighted by molar-refractivity contribution is 14.1. The van der Waals surface area contributed by atoms with Crippen molar-refractivity contribution < 1.29 is 14.6 Å². The predicted octanol–water partition coefficient (Wildman–Crippen LogP) is 2.77. The van der Waals surface area contributed by atoms with Crippen LogP contribution in [0.5, 0.6) is 11.5 Å². The highest BCUT2D eigenvalue weighted by Crippen LogP contribution is 2.27. The second kappa shape index (κ2) is 7.07. The van der Waals surface area contributed by atoms with Gasteiger partial charge in [-0.1, -0.05) is 12.1 Å². The number of phenolic OH excluding ortho intramolecular Hbond substituents is 1. The van der Waals surface area contributed by atoms with E-state index in [1.54, 1.807) is 36.4 Å². The van der Waals surface area contributed by atoms with Gasteiger partial charge in [0.1, 0.15) is 0 Å². The number of amides is 1. The molecular formula is C15H13IN2O3. The molecule has 2 rings (SSSR count). The Morgan fingerprint density at radius 2 is 2.10 bits per heavy atom. The van der Waals surface area contributed by atoms with Crippen LogP contribution in [-0.2, 0) is 0 Å². The Labute approximate surface area is 135 Å². The van der Waals surface area contributed by atoms with E-state index in [4.69, 9.17) is 4.74 Å². The quantitative estimate of drug-likeness (QED) is 0.475. The van der Waals surface area contributed by atoms with Crippen molar-refractivity contribution in [2.24, 2.45) is 5.10 Å². The molecule has 0 saturated heterocycles. The molecule has 0 unspecified atom stereocenters. The first-order valence-corrected chi connectivity index (χ1v) is 7.14. The van der Waals surface area contributed by atoms with Gasteiger partial charge in [0.05, 0.1) is 13.3 Å². The molecule has 0 aliphatic heterocycles. The molecule has 0 spiro atoms. The second-order valence-electron chi connectivity index (χ2n) is 4.11. The van der Waals surface area contributed by atoms with Crippen LogP contribution in [0.4, 0.5) is 0 Å². The van der Waals surface area contributed by atoms with Gasteiger partial charge in [0.25, 0.3) is 5.91 Å². The number of para-hydroxylation sites is 1. The Bertz CT molecular complexity index is 686. The number of benzene rings is 2. The number of carbonyl (C=O) groups is 1. The van der Waals surface area contributed by atoms with Crippen molar-refractivity contribution in [3.05, 3.63) is 57.2 Å². The van der Waals surface area contributed by atoms with Gasteiger partial charge in [-0.15, -0.1) is 0 Å². The van der Waals surface area contributed by atoms with Crippen LogP contribution in [0.1, 0.15) is 15.9 Å². The van der Waals surface area contributed by atoms with Gasteiger partial charge in [0, 0.05) is 14.7 Å². The van der Waals surface area contributed by atoms with Crippen LogP contribution >= 0.6 is 22.6 Å². The first-order valence-electron chi connectivity index (χ1n) is 6.06. The minimum atomic E-state index is -0.313. The minimum Gasteiger partial charge on any atom is -0.504 e. The van der Waals surface area contributed by atoms with Gasteiger partial charge in [0.2, 0.25) is 0 Å². The lowest BCUT2D eigenvalue weighted by molar-refractivity contribution is 0.0955. The summed E-state index contributed by atoms with van der Waals surface area (Å²) >= 11 is 2.13. The van der Waals surface area contributed by atoms with Crippen LogP contribution in [0, 0.1) is 3.57 Å². The molecule has 0 heterocycles. The van der Waals surface area contributed by atoms with Crippen molar-refractivity contribution in [2.75, 3.05) is 7.11 Å². The number of hydrazone groups is 1. The fraction of sp³-hybridized carbons (Fsp3) is 0.0667. The molecule has 1 amide bonds. The third kappa shape index (κ3) is 3.94. The summed E-state index contributed by atoms with van der Waals surface area (Å²) in [6.45, 7) is 0. The van der Waals surface area contributed by atoms with Gasteiger partial charge in [-0.2, -0.15) is 5.10 Å². The van der Waals surface area contributed by atoms with Gasteiger partial charge in [-0.05, 0) is 52.9 Å². The van der Waals surface area contributed by atoms with Crippen molar-refractivity contribution in [3.63, 3.8) is 0 Å². The molecule has 0 radical (unpaired) electrons. The van der Waals surface area contributed by atoms with Crippen LogP contribution < -0.4 is 10.2 Å². The van der Waals surface area contributed by atoms with Crippen molar-refractivity contribution in [1.29, 1.82) is 0 Å². The van der Waals surface area contributed by atoms with Crippen LogP contribution in [0.25, 0.3) is 0 Å². The zero-order chi connectivity index (χ0) is 15.2. The van der Waals surface area contributed by atoms with E-state index >= 15 is 0 Å². The molecule has 2 N–H and O–H groups in total. The average molecular weight is 396 g/mol. The first kappa shape index (κ1) is 15.3. The molecule has 6 heteroatoms. The number of methoxy groups -OCH3 is 1. The number of nitrogens with one attached hydrogen (secondary N) is 1. The lowest BCUT2D eigenvalue weighted by Crippen LogP contribution is -2.17. The number of carbonyl (C=O) groups excluding carboxylic acids is 1. The van der Waals surface area contributed by atoms with Crippen molar-refractivity contribution in [1.82, 2.24) is 5.43 Å². The zero-order valence-corrected chi connectivity index (χ0v) is 13.4. The number of hydrogen-bond acceptors (Lipinski definition) is 4. The van der Waals surface area contributed by atoms with E-state index in [2.05, 4.69) is 33.1 Å². The minimum absolute atomic E-state index is 0.0211. The standard InChI is InChI=1S/C15H13IN2O3/c1-21-13-7-3-5-11(14(13)19)9-17-18-15(20)10-4-2-6-12(16)8-10/h2-9,19H,1H3,(H,18,20). The summed E-state index contributed by atoms with van der Waals surface area (Å²) < 4.78 is 5.96. The average Bonchev–Trinajstić information content (AvgIpc) is 2.49. The summed E-state index contributed by atoms with van der Waals surface area (Å²) in [5.74, 6) is 0.0160. The lowest BCUT2D eigenvalue weighted by Gasteiger charge is -2.05. The van der Waals surface area contributed by atoms with Crippen LogP contribution in [0.2, 0.25) is 0 Å². The summed E-state index contributed by atoms with van der Waals surface area (Å²) in [5, 5.41) is 13.7. The number of aromatic hydroxyl groups is 1. The van der Waals surface area contributed by atoms with Crippen LogP contribution in [0.3, 0.4) is 0 Å². The summed E-state index contributed by atoms with van der Waals surface area (Å²) in [6.07, 6.45) is 1.36. The Kier molecular flexibility index (Phi) is 5.15. The fourth-order valence-electron chi connectivity index (χ4n) is 1.66. The molecule has 0 fully saturated rings. The lowest BCUT2D eigenvalue weighted by atomic mass is 10.2. The van der Waals surface area contributed by atoms with Gasteiger partial charge in [-0.25, -0.2) is 5.43 Å². The van der Waals surface area contributed by atoms with Crippen LogP contribution in [-0.4, -0.2) is 24.3 Å². The molecule has 0 aliphatic rings. The van der Waals surface area contributed by atoms with E-state index in [9.17, 15) is 9.90 Å². The van der Waals surface area contributed by atoms with E-state index in [-0.39, 0.29) is 11.7 Å². The fourth-order valence-corrected chi connectivity index (χ4v) is 2.21. The Hall–Kier alpha value is -2.09. The van der Waals surface area contributed by atoms with Crippen LogP contribution in [0.15, 0.2) is 47.6 Å². The summed E-state index contributed by atoms with van der Waals surface area (Å²) in [4.78, 5) is 11.9. The van der Waals surface area contributed by atoms with Crippen molar-refractivity contribution in [3.8, 4) is 11.5 Å². The van der Waals surface area contributed by atoms with E-state index in [0.29, 0.717) is 16.9 Å². The molecule has 0 atom stereocenters. The van der Waals surface area contributed by atoms with Gasteiger partial charge >= 0.3 is 0 Å². The molecule has 0 saturated carbocycles. The molecule has 108 valence electrons. The normalized spacial score (nSPS) is 10.6. The van der Waals surface area contributed by atoms with Crippen molar-refractivity contribution >= 4 is 34.7 Å². The molecule has 0 bridgehead atoms. The van der Waals surface area contributed by atoms with Gasteiger partial charge < -0.3 is 9.84 Å². The number of rotatable bonds is 4. The third-order valence-electron chi connectivity index (χ3n) is 2.71. The highest BCUT2D eigenvalue weighted by Gasteiger charge is 2.06. The second-order valence-corrected chi connectivity index (χ2v) is 5.35. The van der Waals surface area contributed by atoms with Crippen molar-refractivity contribution in [2.45, 2.75) is 0 Å². The number of phenols is 1. The van der Waals surface area contributed by atoms with E-state index < -0.39 is 0 Å². The molecule has 21 heavy (non-hydrogen) atoms. The van der Waals surface area contributed by atoms with Gasteiger partial charge in [0.15, 0.2) is 11.5 Å². The predicted molar refractivity (Wildman–Crippen MR) is 88.9 cm³/mol. The molecule has 0 aliphatic carbocycles. The molecule has 5 nitrogen and oxygen atoms in total. The van der Waals surface area contributed by atoms with E-state index in [1.807, 2.05) is 6.07 Å². The number of hydrogen-bond donors (Lipinski definition) is 2. The maximum absolute atomic E-state index is 11.9. The Morgan fingerprint density at radius 3 is 2.81 bits per heavy atom. The number of nitrogens with zero attached hydrogens (tertiary/aromatic N) is 1. The molecular weight excluding hydrogens is 383 g/mol.